The van der Waals surface area contributed by atoms with Gasteiger partial charge in [-0.3, -0.25) is 4.79 Å². The van der Waals surface area contributed by atoms with Crippen LogP contribution in [-0.2, 0) is 10.5 Å². The van der Waals surface area contributed by atoms with Gasteiger partial charge in [-0.15, -0.1) is 0 Å². The standard InChI is InChI=1S/C15H17FN2O2S/c1-9-6-11(16)14-12(7-9)17-13(18-15(14)19)8-21-10-2-4-20-5-3-10/h6-7,10H,2-5,8H2,1H3,(H,17,18,19). The molecule has 1 aromatic carbocycles. The third kappa shape index (κ3) is 3.27. The molecule has 3 rings (SSSR count). The smallest absolute Gasteiger partial charge is 0.261 e. The maximum atomic E-state index is 13.8. The number of thioether (sulfide) groups is 1. The molecule has 0 aliphatic carbocycles. The Morgan fingerprint density at radius 1 is 1.43 bits per heavy atom. The fraction of sp³-hybridized carbons (Fsp3) is 0.467. The molecule has 4 nitrogen and oxygen atoms in total. The van der Waals surface area contributed by atoms with Crippen LogP contribution in [0.2, 0.25) is 0 Å². The maximum absolute atomic E-state index is 13.8. The van der Waals surface area contributed by atoms with Crippen molar-refractivity contribution in [2.45, 2.75) is 30.8 Å². The van der Waals surface area contributed by atoms with Crippen molar-refractivity contribution in [1.29, 1.82) is 0 Å². The van der Waals surface area contributed by atoms with E-state index in [4.69, 9.17) is 4.74 Å². The van der Waals surface area contributed by atoms with Gasteiger partial charge in [-0.1, -0.05) is 0 Å². The van der Waals surface area contributed by atoms with Crippen molar-refractivity contribution in [3.8, 4) is 0 Å². The number of halogens is 1. The molecule has 0 bridgehead atoms. The first-order valence-corrected chi connectivity index (χ1v) is 8.07. The summed E-state index contributed by atoms with van der Waals surface area (Å²) in [6, 6.07) is 3.10. The average Bonchev–Trinajstić information content (AvgIpc) is 2.45. The van der Waals surface area contributed by atoms with Crippen LogP contribution in [0.1, 0.15) is 24.2 Å². The van der Waals surface area contributed by atoms with Gasteiger partial charge in [-0.05, 0) is 37.5 Å². The Morgan fingerprint density at radius 2 is 2.19 bits per heavy atom. The van der Waals surface area contributed by atoms with E-state index in [9.17, 15) is 9.18 Å². The average molecular weight is 308 g/mol. The summed E-state index contributed by atoms with van der Waals surface area (Å²) in [5, 5.41) is 0.578. The molecule has 0 saturated carbocycles. The molecular weight excluding hydrogens is 291 g/mol. The van der Waals surface area contributed by atoms with E-state index in [-0.39, 0.29) is 5.39 Å². The summed E-state index contributed by atoms with van der Waals surface area (Å²) < 4.78 is 19.2. The summed E-state index contributed by atoms with van der Waals surface area (Å²) in [7, 11) is 0. The van der Waals surface area contributed by atoms with Crippen LogP contribution >= 0.6 is 11.8 Å². The van der Waals surface area contributed by atoms with E-state index < -0.39 is 11.4 Å². The van der Waals surface area contributed by atoms with Crippen LogP contribution in [0.15, 0.2) is 16.9 Å². The number of ether oxygens (including phenoxy) is 1. The zero-order valence-electron chi connectivity index (χ0n) is 11.8. The van der Waals surface area contributed by atoms with Gasteiger partial charge in [-0.25, -0.2) is 9.37 Å². The largest absolute Gasteiger partial charge is 0.381 e. The van der Waals surface area contributed by atoms with Crippen molar-refractivity contribution in [2.24, 2.45) is 0 Å². The highest BCUT2D eigenvalue weighted by Gasteiger charge is 2.15. The molecule has 0 spiro atoms. The highest BCUT2D eigenvalue weighted by Crippen LogP contribution is 2.24. The first-order chi connectivity index (χ1) is 10.1. The summed E-state index contributed by atoms with van der Waals surface area (Å²) >= 11 is 1.77. The van der Waals surface area contributed by atoms with Crippen LogP contribution < -0.4 is 5.56 Å². The van der Waals surface area contributed by atoms with E-state index in [1.54, 1.807) is 24.8 Å². The fourth-order valence-electron chi connectivity index (χ4n) is 2.51. The topological polar surface area (TPSA) is 55.0 Å². The lowest BCUT2D eigenvalue weighted by molar-refractivity contribution is 0.1000. The summed E-state index contributed by atoms with van der Waals surface area (Å²) in [5.41, 5.74) is 0.792. The molecule has 1 saturated heterocycles. The number of nitrogens with one attached hydrogen (secondary N) is 1. The molecule has 0 radical (unpaired) electrons. The molecule has 112 valence electrons. The van der Waals surface area contributed by atoms with Gasteiger partial charge in [0.25, 0.3) is 5.56 Å². The predicted molar refractivity (Wildman–Crippen MR) is 82.2 cm³/mol. The van der Waals surface area contributed by atoms with Crippen molar-refractivity contribution < 1.29 is 9.13 Å². The monoisotopic (exact) mass is 308 g/mol. The molecule has 1 N–H and O–H groups in total. The lowest BCUT2D eigenvalue weighted by atomic mass is 10.1. The number of aromatic amines is 1. The molecule has 1 aliphatic heterocycles. The van der Waals surface area contributed by atoms with Crippen LogP contribution in [-0.4, -0.2) is 28.4 Å². The fourth-order valence-corrected chi connectivity index (χ4v) is 3.57. The molecule has 2 heterocycles. The number of aryl methyl sites for hydroxylation is 1. The third-order valence-corrected chi connectivity index (χ3v) is 4.96. The van der Waals surface area contributed by atoms with Crippen molar-refractivity contribution in [1.82, 2.24) is 9.97 Å². The number of hydrogen-bond donors (Lipinski definition) is 1. The molecule has 1 aromatic heterocycles. The third-order valence-electron chi connectivity index (χ3n) is 3.58. The lowest BCUT2D eigenvalue weighted by Gasteiger charge is -2.21. The number of fused-ring (bicyclic) bond motifs is 1. The summed E-state index contributed by atoms with van der Waals surface area (Å²) in [5.74, 6) is 0.724. The van der Waals surface area contributed by atoms with Crippen LogP contribution in [0.5, 0.6) is 0 Å². The first-order valence-electron chi connectivity index (χ1n) is 7.02. The molecule has 0 amide bonds. The van der Waals surface area contributed by atoms with Crippen LogP contribution in [0.25, 0.3) is 10.9 Å². The van der Waals surface area contributed by atoms with Crippen molar-refractivity contribution in [2.75, 3.05) is 13.2 Å². The second-order valence-corrected chi connectivity index (χ2v) is 6.56. The van der Waals surface area contributed by atoms with E-state index >= 15 is 0 Å². The number of hydrogen-bond acceptors (Lipinski definition) is 4. The second kappa shape index (κ2) is 6.15. The maximum Gasteiger partial charge on any atom is 0.261 e. The van der Waals surface area contributed by atoms with Gasteiger partial charge in [0.05, 0.1) is 11.3 Å². The van der Waals surface area contributed by atoms with Crippen molar-refractivity contribution in [3.63, 3.8) is 0 Å². The summed E-state index contributed by atoms with van der Waals surface area (Å²) in [6.07, 6.45) is 2.05. The Balaban J connectivity index is 1.84. The molecule has 0 atom stereocenters. The normalized spacial score (nSPS) is 16.5. The van der Waals surface area contributed by atoms with Crippen molar-refractivity contribution >= 4 is 22.7 Å². The van der Waals surface area contributed by atoms with Gasteiger partial charge in [0.15, 0.2) is 0 Å². The summed E-state index contributed by atoms with van der Waals surface area (Å²) in [4.78, 5) is 19.1. The Labute approximate surface area is 126 Å². The van der Waals surface area contributed by atoms with E-state index in [0.717, 1.165) is 31.6 Å². The van der Waals surface area contributed by atoms with Gasteiger partial charge in [0.1, 0.15) is 17.0 Å². The highest BCUT2D eigenvalue weighted by molar-refractivity contribution is 7.99. The Morgan fingerprint density at radius 3 is 2.95 bits per heavy atom. The SMILES string of the molecule is Cc1cc(F)c2c(=O)[nH]c(CSC3CCOCC3)nc2c1. The quantitative estimate of drug-likeness (QED) is 0.947. The number of H-pyrrole nitrogens is 1. The second-order valence-electron chi connectivity index (χ2n) is 5.28. The minimum atomic E-state index is -0.512. The Hall–Kier alpha value is -1.40. The first kappa shape index (κ1) is 14.5. The van der Waals surface area contributed by atoms with Gasteiger partial charge in [0.2, 0.25) is 0 Å². The zero-order valence-corrected chi connectivity index (χ0v) is 12.6. The van der Waals surface area contributed by atoms with Gasteiger partial charge in [0, 0.05) is 18.5 Å². The molecule has 1 aliphatic rings. The molecule has 6 heteroatoms. The van der Waals surface area contributed by atoms with E-state index in [1.165, 1.54) is 6.07 Å². The Bertz CT molecular complexity index is 711. The van der Waals surface area contributed by atoms with E-state index in [2.05, 4.69) is 9.97 Å². The Kier molecular flexibility index (Phi) is 4.26. The zero-order chi connectivity index (χ0) is 14.8. The predicted octanol–water partition coefficient (Wildman–Crippen LogP) is 2.78. The van der Waals surface area contributed by atoms with Crippen LogP contribution in [0.3, 0.4) is 0 Å². The minimum Gasteiger partial charge on any atom is -0.381 e. The summed E-state index contributed by atoms with van der Waals surface area (Å²) in [6.45, 7) is 3.38. The molecule has 1 fully saturated rings. The van der Waals surface area contributed by atoms with E-state index in [0.29, 0.717) is 22.3 Å². The minimum absolute atomic E-state index is 0.0421. The van der Waals surface area contributed by atoms with Crippen molar-refractivity contribution in [3.05, 3.63) is 39.7 Å². The van der Waals surface area contributed by atoms with E-state index in [1.807, 2.05) is 0 Å². The molecule has 21 heavy (non-hydrogen) atoms. The molecule has 2 aromatic rings. The van der Waals surface area contributed by atoms with Crippen LogP contribution in [0.4, 0.5) is 4.39 Å². The molecular formula is C15H17FN2O2S. The van der Waals surface area contributed by atoms with Gasteiger partial charge in [-0.2, -0.15) is 11.8 Å². The highest BCUT2D eigenvalue weighted by atomic mass is 32.2. The number of benzene rings is 1. The number of rotatable bonds is 3. The van der Waals surface area contributed by atoms with Gasteiger partial charge < -0.3 is 9.72 Å². The number of nitrogens with zero attached hydrogens (tertiary/aromatic N) is 1. The lowest BCUT2D eigenvalue weighted by Crippen LogP contribution is -2.18. The number of aromatic nitrogens is 2. The van der Waals surface area contributed by atoms with Gasteiger partial charge >= 0.3 is 0 Å². The molecule has 0 unspecified atom stereocenters. The van der Waals surface area contributed by atoms with Crippen LogP contribution in [0, 0.1) is 12.7 Å².